The molecular formula is C18H16ClN3O2S. The molecule has 0 bridgehead atoms. The molecule has 4 rings (SSSR count). The van der Waals surface area contributed by atoms with Gasteiger partial charge in [0.1, 0.15) is 17.0 Å². The van der Waals surface area contributed by atoms with Crippen molar-refractivity contribution in [2.75, 3.05) is 12.4 Å². The first kappa shape index (κ1) is 16.3. The van der Waals surface area contributed by atoms with E-state index in [4.69, 9.17) is 16.3 Å². The van der Waals surface area contributed by atoms with Crippen molar-refractivity contribution in [3.8, 4) is 0 Å². The van der Waals surface area contributed by atoms with E-state index in [0.29, 0.717) is 16.3 Å². The van der Waals surface area contributed by atoms with E-state index < -0.39 is 5.97 Å². The fourth-order valence-corrected chi connectivity index (χ4v) is 4.57. The third-order valence-corrected chi connectivity index (χ3v) is 5.92. The standard InChI is InChI=1S/C18H16ClN3O2S/c1-24-18(23)10-6-7-12(19)13(8-10)22-16-15-11-4-2-3-5-14(11)25-17(15)21-9-20-16/h6-9H,2-5H2,1H3,(H,20,21,22). The number of esters is 1. The lowest BCUT2D eigenvalue weighted by molar-refractivity contribution is 0.0601. The minimum absolute atomic E-state index is 0.402. The predicted octanol–water partition coefficient (Wildman–Crippen LogP) is 4.75. The van der Waals surface area contributed by atoms with E-state index >= 15 is 0 Å². The van der Waals surface area contributed by atoms with Gasteiger partial charge in [0.05, 0.1) is 28.8 Å². The number of hydrogen-bond donors (Lipinski definition) is 1. The van der Waals surface area contributed by atoms with E-state index in [1.165, 1.54) is 30.4 Å². The van der Waals surface area contributed by atoms with Crippen LogP contribution in [0.1, 0.15) is 33.6 Å². The Hall–Kier alpha value is -2.18. The number of fused-ring (bicyclic) bond motifs is 3. The zero-order chi connectivity index (χ0) is 17.4. The zero-order valence-corrected chi connectivity index (χ0v) is 15.2. The van der Waals surface area contributed by atoms with Gasteiger partial charge in [-0.05, 0) is 49.4 Å². The lowest BCUT2D eigenvalue weighted by Gasteiger charge is -2.13. The molecule has 2 heterocycles. The van der Waals surface area contributed by atoms with Gasteiger partial charge in [0.2, 0.25) is 0 Å². The maximum atomic E-state index is 11.8. The van der Waals surface area contributed by atoms with Gasteiger partial charge >= 0.3 is 5.97 Å². The average Bonchev–Trinajstić information content (AvgIpc) is 3.02. The highest BCUT2D eigenvalue weighted by atomic mass is 35.5. The van der Waals surface area contributed by atoms with Crippen LogP contribution in [0.4, 0.5) is 11.5 Å². The quantitative estimate of drug-likeness (QED) is 0.671. The Morgan fingerprint density at radius 3 is 2.96 bits per heavy atom. The normalized spacial score (nSPS) is 13.5. The van der Waals surface area contributed by atoms with Gasteiger partial charge in [0, 0.05) is 4.88 Å². The van der Waals surface area contributed by atoms with Gasteiger partial charge in [0.25, 0.3) is 0 Å². The van der Waals surface area contributed by atoms with Crippen LogP contribution in [0.2, 0.25) is 5.02 Å². The van der Waals surface area contributed by atoms with E-state index in [-0.39, 0.29) is 0 Å². The molecule has 7 heteroatoms. The Kier molecular flexibility index (Phi) is 4.31. The van der Waals surface area contributed by atoms with Gasteiger partial charge in [-0.3, -0.25) is 0 Å². The van der Waals surface area contributed by atoms with Crippen LogP contribution in [0, 0.1) is 0 Å². The molecule has 2 aromatic heterocycles. The minimum Gasteiger partial charge on any atom is -0.465 e. The molecule has 128 valence electrons. The molecule has 0 spiro atoms. The lowest BCUT2D eigenvalue weighted by atomic mass is 9.97. The fraction of sp³-hybridized carbons (Fsp3) is 0.278. The molecule has 0 amide bonds. The Bertz CT molecular complexity index is 970. The van der Waals surface area contributed by atoms with Crippen molar-refractivity contribution in [2.24, 2.45) is 0 Å². The number of nitrogens with one attached hydrogen (secondary N) is 1. The first-order valence-corrected chi connectivity index (χ1v) is 9.27. The largest absolute Gasteiger partial charge is 0.465 e. The van der Waals surface area contributed by atoms with E-state index in [0.717, 1.165) is 28.9 Å². The molecule has 0 atom stereocenters. The minimum atomic E-state index is -0.402. The highest BCUT2D eigenvalue weighted by molar-refractivity contribution is 7.19. The summed E-state index contributed by atoms with van der Waals surface area (Å²) >= 11 is 8.05. The van der Waals surface area contributed by atoms with Crippen molar-refractivity contribution in [3.05, 3.63) is 45.6 Å². The number of anilines is 2. The SMILES string of the molecule is COC(=O)c1ccc(Cl)c(Nc2ncnc3sc4c(c23)CCCC4)c1. The molecular weight excluding hydrogens is 358 g/mol. The van der Waals surface area contributed by atoms with Crippen molar-refractivity contribution in [1.29, 1.82) is 0 Å². The van der Waals surface area contributed by atoms with Crippen LogP contribution in [0.3, 0.4) is 0 Å². The van der Waals surface area contributed by atoms with Crippen molar-refractivity contribution in [3.63, 3.8) is 0 Å². The van der Waals surface area contributed by atoms with E-state index in [1.807, 2.05) is 0 Å². The topological polar surface area (TPSA) is 64.1 Å². The lowest BCUT2D eigenvalue weighted by Crippen LogP contribution is -2.04. The maximum Gasteiger partial charge on any atom is 0.337 e. The molecule has 0 radical (unpaired) electrons. The molecule has 0 fully saturated rings. The summed E-state index contributed by atoms with van der Waals surface area (Å²) in [6.07, 6.45) is 6.13. The van der Waals surface area contributed by atoms with Gasteiger partial charge in [-0.1, -0.05) is 11.6 Å². The molecule has 25 heavy (non-hydrogen) atoms. The number of nitrogens with zero attached hydrogens (tertiary/aromatic N) is 2. The first-order valence-electron chi connectivity index (χ1n) is 8.07. The van der Waals surface area contributed by atoms with Crippen LogP contribution in [-0.2, 0) is 17.6 Å². The van der Waals surface area contributed by atoms with Crippen LogP contribution in [0.25, 0.3) is 10.2 Å². The Balaban J connectivity index is 1.79. The monoisotopic (exact) mass is 373 g/mol. The number of rotatable bonds is 3. The molecule has 0 unspecified atom stereocenters. The summed E-state index contributed by atoms with van der Waals surface area (Å²) in [6.45, 7) is 0. The van der Waals surface area contributed by atoms with Crippen molar-refractivity contribution >= 4 is 50.6 Å². The Morgan fingerprint density at radius 1 is 1.28 bits per heavy atom. The summed E-state index contributed by atoms with van der Waals surface area (Å²) in [5.74, 6) is 0.328. The Labute approximate surface area is 154 Å². The highest BCUT2D eigenvalue weighted by Crippen LogP contribution is 2.39. The fourth-order valence-electron chi connectivity index (χ4n) is 3.18. The van der Waals surface area contributed by atoms with Gasteiger partial charge in [-0.2, -0.15) is 0 Å². The number of methoxy groups -OCH3 is 1. The number of hydrogen-bond acceptors (Lipinski definition) is 6. The summed E-state index contributed by atoms with van der Waals surface area (Å²) < 4.78 is 4.78. The van der Waals surface area contributed by atoms with Crippen LogP contribution >= 0.6 is 22.9 Å². The van der Waals surface area contributed by atoms with E-state index in [1.54, 1.807) is 35.9 Å². The van der Waals surface area contributed by atoms with Gasteiger partial charge in [-0.15, -0.1) is 11.3 Å². The average molecular weight is 374 g/mol. The summed E-state index contributed by atoms with van der Waals surface area (Å²) in [7, 11) is 1.36. The molecule has 0 saturated carbocycles. The molecule has 3 aromatic rings. The van der Waals surface area contributed by atoms with Gasteiger partial charge in [0.15, 0.2) is 0 Å². The molecule has 1 aromatic carbocycles. The summed E-state index contributed by atoms with van der Waals surface area (Å²) in [6, 6.07) is 5.00. The maximum absolute atomic E-state index is 11.8. The second-order valence-electron chi connectivity index (χ2n) is 5.92. The van der Waals surface area contributed by atoms with E-state index in [9.17, 15) is 4.79 Å². The van der Waals surface area contributed by atoms with Crippen molar-refractivity contribution in [1.82, 2.24) is 9.97 Å². The third-order valence-electron chi connectivity index (χ3n) is 4.39. The van der Waals surface area contributed by atoms with Gasteiger partial charge in [-0.25, -0.2) is 14.8 Å². The highest BCUT2D eigenvalue weighted by Gasteiger charge is 2.20. The number of thiophene rings is 1. The number of aryl methyl sites for hydroxylation is 2. The number of benzene rings is 1. The smallest absolute Gasteiger partial charge is 0.337 e. The van der Waals surface area contributed by atoms with Crippen molar-refractivity contribution < 1.29 is 9.53 Å². The van der Waals surface area contributed by atoms with E-state index in [2.05, 4.69) is 15.3 Å². The second kappa shape index (κ2) is 6.61. The van der Waals surface area contributed by atoms with Crippen molar-refractivity contribution in [2.45, 2.75) is 25.7 Å². The van der Waals surface area contributed by atoms with Crippen LogP contribution in [0.5, 0.6) is 0 Å². The van der Waals surface area contributed by atoms with Crippen LogP contribution < -0.4 is 5.32 Å². The molecule has 1 aliphatic carbocycles. The summed E-state index contributed by atoms with van der Waals surface area (Å²) in [5.41, 5.74) is 2.40. The molecule has 5 nitrogen and oxygen atoms in total. The molecule has 1 aliphatic rings. The Morgan fingerprint density at radius 2 is 2.12 bits per heavy atom. The number of carbonyl (C=O) groups is 1. The van der Waals surface area contributed by atoms with Crippen LogP contribution in [-0.4, -0.2) is 23.0 Å². The zero-order valence-electron chi connectivity index (χ0n) is 13.6. The molecule has 1 N–H and O–H groups in total. The molecule has 0 aliphatic heterocycles. The summed E-state index contributed by atoms with van der Waals surface area (Å²) in [5, 5.41) is 4.87. The third kappa shape index (κ3) is 2.96. The number of ether oxygens (including phenoxy) is 1. The second-order valence-corrected chi connectivity index (χ2v) is 7.42. The molecule has 0 saturated heterocycles. The summed E-state index contributed by atoms with van der Waals surface area (Å²) in [4.78, 5) is 23.0. The number of carbonyl (C=O) groups excluding carboxylic acids is 1. The number of halogens is 1. The number of aromatic nitrogens is 2. The predicted molar refractivity (Wildman–Crippen MR) is 100 cm³/mol. The first-order chi connectivity index (χ1) is 12.2. The van der Waals surface area contributed by atoms with Crippen LogP contribution in [0.15, 0.2) is 24.5 Å². The van der Waals surface area contributed by atoms with Gasteiger partial charge < -0.3 is 10.1 Å².